The Kier molecular flexibility index (Phi) is 5.60. The molecule has 0 fully saturated rings. The summed E-state index contributed by atoms with van der Waals surface area (Å²) in [6.07, 6.45) is 0. The third-order valence-electron chi connectivity index (χ3n) is 4.50. The second-order valence-corrected chi connectivity index (χ2v) is 7.58. The average Bonchev–Trinajstić information content (AvgIpc) is 2.74. The third-order valence-corrected chi connectivity index (χ3v) is 5.49. The van der Waals surface area contributed by atoms with Gasteiger partial charge in [0.15, 0.2) is 5.76 Å². The molecule has 0 saturated carbocycles. The molecule has 1 aromatic heterocycles. The number of hydrogen-bond acceptors (Lipinski definition) is 4. The van der Waals surface area contributed by atoms with Crippen molar-refractivity contribution in [2.45, 2.75) is 6.61 Å². The molecule has 0 saturated heterocycles. The number of rotatable bonds is 5. The van der Waals surface area contributed by atoms with E-state index in [1.54, 1.807) is 37.4 Å². The second kappa shape index (κ2) is 8.31. The highest BCUT2D eigenvalue weighted by molar-refractivity contribution is 9.10. The molecule has 0 N–H and O–H groups in total. The van der Waals surface area contributed by atoms with E-state index in [0.29, 0.717) is 33.1 Å². The lowest BCUT2D eigenvalue weighted by Gasteiger charge is -2.13. The minimum absolute atomic E-state index is 0.140. The lowest BCUT2D eigenvalue weighted by atomic mass is 10.1. The fraction of sp³-hybridized carbons (Fsp3) is 0.0870. The number of hydrogen-bond donors (Lipinski definition) is 0. The lowest BCUT2D eigenvalue weighted by molar-refractivity contribution is 0.298. The van der Waals surface area contributed by atoms with E-state index in [9.17, 15) is 4.79 Å². The van der Waals surface area contributed by atoms with Crippen LogP contribution in [0.5, 0.6) is 11.5 Å². The van der Waals surface area contributed by atoms with Gasteiger partial charge in [-0.15, -0.1) is 0 Å². The molecular formula is C23H16BrClO4. The van der Waals surface area contributed by atoms with E-state index < -0.39 is 0 Å². The lowest BCUT2D eigenvalue weighted by Crippen LogP contribution is -2.10. The van der Waals surface area contributed by atoms with Gasteiger partial charge in [0, 0.05) is 16.1 Å². The minimum atomic E-state index is -0.235. The van der Waals surface area contributed by atoms with Gasteiger partial charge in [0.25, 0.3) is 0 Å². The van der Waals surface area contributed by atoms with E-state index in [1.807, 2.05) is 36.4 Å². The topological polar surface area (TPSA) is 48.7 Å². The van der Waals surface area contributed by atoms with Gasteiger partial charge in [0.1, 0.15) is 17.9 Å². The molecule has 0 aliphatic carbocycles. The summed E-state index contributed by atoms with van der Waals surface area (Å²) in [7, 11) is 1.59. The van der Waals surface area contributed by atoms with Crippen LogP contribution in [-0.4, -0.2) is 7.11 Å². The average molecular weight is 472 g/mol. The van der Waals surface area contributed by atoms with Gasteiger partial charge in [-0.05, 0) is 52.3 Å². The summed E-state index contributed by atoms with van der Waals surface area (Å²) >= 11 is 9.71. The molecule has 4 rings (SSSR count). The van der Waals surface area contributed by atoms with Gasteiger partial charge in [-0.25, -0.2) is 0 Å². The van der Waals surface area contributed by atoms with Gasteiger partial charge in [-0.3, -0.25) is 4.79 Å². The van der Waals surface area contributed by atoms with Crippen LogP contribution >= 0.6 is 27.5 Å². The second-order valence-electron chi connectivity index (χ2n) is 6.32. The summed E-state index contributed by atoms with van der Waals surface area (Å²) in [6.45, 7) is 0.146. The Labute approximate surface area is 180 Å². The van der Waals surface area contributed by atoms with Crippen LogP contribution in [-0.2, 0) is 6.61 Å². The number of benzene rings is 3. The van der Waals surface area contributed by atoms with E-state index in [1.165, 1.54) is 0 Å². The molecular weight excluding hydrogens is 456 g/mol. The molecule has 6 heteroatoms. The largest absolute Gasteiger partial charge is 0.496 e. The van der Waals surface area contributed by atoms with Crippen LogP contribution in [0.1, 0.15) is 5.56 Å². The fourth-order valence-electron chi connectivity index (χ4n) is 3.02. The fourth-order valence-corrected chi connectivity index (χ4v) is 3.75. The van der Waals surface area contributed by atoms with Crippen molar-refractivity contribution in [3.63, 3.8) is 0 Å². The Morgan fingerprint density at radius 3 is 2.55 bits per heavy atom. The molecule has 0 radical (unpaired) electrons. The summed E-state index contributed by atoms with van der Waals surface area (Å²) in [5.74, 6) is 1.17. The van der Waals surface area contributed by atoms with Crippen molar-refractivity contribution < 1.29 is 13.9 Å². The molecule has 0 aliphatic rings. The molecule has 4 aromatic rings. The van der Waals surface area contributed by atoms with E-state index in [2.05, 4.69) is 15.9 Å². The van der Waals surface area contributed by atoms with Crippen LogP contribution in [0.4, 0.5) is 0 Å². The Balaban J connectivity index is 1.86. The summed E-state index contributed by atoms with van der Waals surface area (Å²) in [5.41, 5.74) is 1.73. The first-order valence-corrected chi connectivity index (χ1v) is 10.0. The van der Waals surface area contributed by atoms with Crippen molar-refractivity contribution in [2.75, 3.05) is 7.11 Å². The first-order chi connectivity index (χ1) is 14.1. The summed E-state index contributed by atoms with van der Waals surface area (Å²) in [4.78, 5) is 13.2. The molecule has 1 heterocycles. The minimum Gasteiger partial charge on any atom is -0.496 e. The van der Waals surface area contributed by atoms with Crippen molar-refractivity contribution in [1.29, 1.82) is 0 Å². The first-order valence-electron chi connectivity index (χ1n) is 8.84. The van der Waals surface area contributed by atoms with Crippen LogP contribution in [0.2, 0.25) is 5.02 Å². The standard InChI is InChI=1S/C23H16BrClO4/c1-27-20-11-10-14(12-17(20)24)22-23(28-13-15-6-2-4-8-18(15)25)21(26)16-7-3-5-9-19(16)29-22/h2-12H,13H2,1H3. The molecule has 0 aliphatic heterocycles. The van der Waals surface area contributed by atoms with Gasteiger partial charge in [-0.2, -0.15) is 0 Å². The number of halogens is 2. The van der Waals surface area contributed by atoms with Crippen LogP contribution < -0.4 is 14.9 Å². The Morgan fingerprint density at radius 1 is 1.03 bits per heavy atom. The van der Waals surface area contributed by atoms with Crippen LogP contribution in [0.3, 0.4) is 0 Å². The van der Waals surface area contributed by atoms with Gasteiger partial charge in [-0.1, -0.05) is 41.9 Å². The maximum Gasteiger partial charge on any atom is 0.235 e. The van der Waals surface area contributed by atoms with Crippen molar-refractivity contribution in [3.05, 3.63) is 92.0 Å². The molecule has 0 bridgehead atoms. The smallest absolute Gasteiger partial charge is 0.235 e. The van der Waals surface area contributed by atoms with Crippen LogP contribution in [0.15, 0.2) is 80.4 Å². The molecule has 0 spiro atoms. The zero-order chi connectivity index (χ0) is 20.4. The van der Waals surface area contributed by atoms with Crippen LogP contribution in [0.25, 0.3) is 22.3 Å². The first kappa shape index (κ1) is 19.6. The highest BCUT2D eigenvalue weighted by Gasteiger charge is 2.19. The zero-order valence-electron chi connectivity index (χ0n) is 15.4. The molecule has 146 valence electrons. The number of para-hydroxylation sites is 1. The molecule has 0 unspecified atom stereocenters. The third kappa shape index (κ3) is 3.88. The predicted octanol–water partition coefficient (Wildman–Crippen LogP) is 6.46. The van der Waals surface area contributed by atoms with Crippen molar-refractivity contribution in [1.82, 2.24) is 0 Å². The van der Waals surface area contributed by atoms with Crippen LogP contribution in [0, 0.1) is 0 Å². The maximum absolute atomic E-state index is 13.2. The molecule has 3 aromatic carbocycles. The summed E-state index contributed by atoms with van der Waals surface area (Å²) in [5, 5.41) is 1.03. The quantitative estimate of drug-likeness (QED) is 0.335. The highest BCUT2D eigenvalue weighted by Crippen LogP contribution is 2.36. The van der Waals surface area contributed by atoms with Gasteiger partial charge in [0.2, 0.25) is 11.2 Å². The maximum atomic E-state index is 13.2. The molecule has 29 heavy (non-hydrogen) atoms. The summed E-state index contributed by atoms with van der Waals surface area (Å²) in [6, 6.07) is 19.9. The highest BCUT2D eigenvalue weighted by atomic mass is 79.9. The Morgan fingerprint density at radius 2 is 1.79 bits per heavy atom. The predicted molar refractivity (Wildman–Crippen MR) is 118 cm³/mol. The molecule has 4 nitrogen and oxygen atoms in total. The van der Waals surface area contributed by atoms with E-state index in [4.69, 9.17) is 25.5 Å². The van der Waals surface area contributed by atoms with Crippen molar-refractivity contribution in [3.8, 4) is 22.8 Å². The number of methoxy groups -OCH3 is 1. The number of ether oxygens (including phenoxy) is 2. The van der Waals surface area contributed by atoms with Crippen molar-refractivity contribution in [2.24, 2.45) is 0 Å². The van der Waals surface area contributed by atoms with Gasteiger partial charge < -0.3 is 13.9 Å². The monoisotopic (exact) mass is 470 g/mol. The van der Waals surface area contributed by atoms with E-state index >= 15 is 0 Å². The van der Waals surface area contributed by atoms with Gasteiger partial charge in [0.05, 0.1) is 17.0 Å². The molecule has 0 amide bonds. The van der Waals surface area contributed by atoms with Gasteiger partial charge >= 0.3 is 0 Å². The normalized spacial score (nSPS) is 10.9. The zero-order valence-corrected chi connectivity index (χ0v) is 17.8. The van der Waals surface area contributed by atoms with Crippen molar-refractivity contribution >= 4 is 38.5 Å². The summed E-state index contributed by atoms with van der Waals surface area (Å²) < 4.78 is 18.1. The number of fused-ring (bicyclic) bond motifs is 1. The molecule has 0 atom stereocenters. The Hall–Kier alpha value is -2.76. The SMILES string of the molecule is COc1ccc(-c2oc3ccccc3c(=O)c2OCc2ccccc2Cl)cc1Br. The van der Waals surface area contributed by atoms with E-state index in [-0.39, 0.29) is 17.8 Å². The Bertz CT molecular complexity index is 1250. The van der Waals surface area contributed by atoms with E-state index in [0.717, 1.165) is 10.0 Å².